The molecule has 0 bridgehead atoms. The van der Waals surface area contributed by atoms with Gasteiger partial charge in [0, 0.05) is 25.2 Å². The van der Waals surface area contributed by atoms with E-state index in [1.165, 1.54) is 12.1 Å². The van der Waals surface area contributed by atoms with Crippen LogP contribution in [-0.4, -0.2) is 43.9 Å². The second-order valence-electron chi connectivity index (χ2n) is 4.98. The largest absolute Gasteiger partial charge is 0.380 e. The van der Waals surface area contributed by atoms with Crippen molar-refractivity contribution in [1.29, 1.82) is 5.26 Å². The first-order valence-electron chi connectivity index (χ1n) is 6.49. The molecule has 0 amide bonds. The molecule has 1 aromatic rings. The molecule has 1 aromatic carbocycles. The number of nitro benzene ring substituents is 1. The van der Waals surface area contributed by atoms with Gasteiger partial charge < -0.3 is 5.32 Å². The van der Waals surface area contributed by atoms with Gasteiger partial charge in [-0.25, -0.2) is 13.6 Å². The maximum atomic E-state index is 11.7. The fourth-order valence-electron chi connectivity index (χ4n) is 2.50. The molecule has 3 N–H and O–H groups in total. The topological polar surface area (TPSA) is 142 Å². The molecule has 22 heavy (non-hydrogen) atoms. The number of nitrogens with one attached hydrogen (secondary N) is 1. The number of benzene rings is 1. The number of anilines is 1. The van der Waals surface area contributed by atoms with Crippen LogP contribution in [0.5, 0.6) is 0 Å². The van der Waals surface area contributed by atoms with Crippen LogP contribution in [0.2, 0.25) is 0 Å². The third kappa shape index (κ3) is 3.51. The van der Waals surface area contributed by atoms with Gasteiger partial charge in [0.2, 0.25) is 10.0 Å². The highest BCUT2D eigenvalue weighted by Gasteiger charge is 2.29. The monoisotopic (exact) mass is 325 g/mol. The van der Waals surface area contributed by atoms with E-state index in [2.05, 4.69) is 5.32 Å². The third-order valence-electron chi connectivity index (χ3n) is 3.40. The molecule has 1 aliphatic heterocycles. The quantitative estimate of drug-likeness (QED) is 0.449. The van der Waals surface area contributed by atoms with Crippen molar-refractivity contribution in [3.63, 3.8) is 0 Å². The number of primary sulfonamides is 1. The summed E-state index contributed by atoms with van der Waals surface area (Å²) in [7, 11) is -4.24. The van der Waals surface area contributed by atoms with Crippen LogP contribution in [0, 0.1) is 21.4 Å². The molecule has 2 rings (SSSR count). The second-order valence-corrected chi connectivity index (χ2v) is 6.48. The molecule has 9 nitrogen and oxygen atoms in total. The Morgan fingerprint density at radius 3 is 2.86 bits per heavy atom. The molecule has 1 atom stereocenters. The van der Waals surface area contributed by atoms with Crippen molar-refractivity contribution >= 4 is 21.4 Å². The number of rotatable bonds is 5. The number of hydrogen-bond acceptors (Lipinski definition) is 7. The maximum absolute atomic E-state index is 11.7. The van der Waals surface area contributed by atoms with Crippen molar-refractivity contribution in [1.82, 2.24) is 4.90 Å². The molecule has 118 valence electrons. The molecular weight excluding hydrogens is 310 g/mol. The van der Waals surface area contributed by atoms with Crippen molar-refractivity contribution in [2.75, 3.05) is 25.0 Å². The molecule has 0 aromatic heterocycles. The van der Waals surface area contributed by atoms with Crippen molar-refractivity contribution < 1.29 is 13.3 Å². The average molecular weight is 325 g/mol. The summed E-state index contributed by atoms with van der Waals surface area (Å²) in [5.41, 5.74) is -0.445. The van der Waals surface area contributed by atoms with Crippen LogP contribution in [0.25, 0.3) is 0 Å². The fourth-order valence-corrected chi connectivity index (χ4v) is 3.36. The minimum Gasteiger partial charge on any atom is -0.380 e. The fraction of sp³-hybridized carbons (Fsp3) is 0.417. The number of hydrogen-bond donors (Lipinski definition) is 2. The van der Waals surface area contributed by atoms with E-state index in [1.54, 1.807) is 0 Å². The van der Waals surface area contributed by atoms with Gasteiger partial charge in [0.05, 0.1) is 23.2 Å². The Hall–Kier alpha value is -2.22. The minimum absolute atomic E-state index is 0.101. The summed E-state index contributed by atoms with van der Waals surface area (Å²) in [5, 5.41) is 27.8. The standard InChI is InChI=1S/C12H15N5O4S/c13-5-7-16-6-4-9(8-16)15-10-2-1-3-11(17(18)19)12(10)22(14,20)21/h1-3,9,15H,4,6-8H2,(H2,14,20,21)/t9-/m1/s1. The smallest absolute Gasteiger partial charge is 0.291 e. The van der Waals surface area contributed by atoms with Crippen molar-refractivity contribution in [3.05, 3.63) is 28.3 Å². The van der Waals surface area contributed by atoms with Crippen molar-refractivity contribution in [2.24, 2.45) is 5.14 Å². The zero-order valence-corrected chi connectivity index (χ0v) is 12.4. The molecule has 0 radical (unpaired) electrons. The number of sulfonamides is 1. The van der Waals surface area contributed by atoms with Crippen LogP contribution in [0.15, 0.2) is 23.1 Å². The Labute approximate surface area is 127 Å². The molecule has 1 saturated heterocycles. The highest BCUT2D eigenvalue weighted by molar-refractivity contribution is 7.89. The van der Waals surface area contributed by atoms with Crippen LogP contribution in [0.3, 0.4) is 0 Å². The Balaban J connectivity index is 2.31. The first-order chi connectivity index (χ1) is 10.3. The zero-order valence-electron chi connectivity index (χ0n) is 11.6. The van der Waals surface area contributed by atoms with Crippen LogP contribution in [0.4, 0.5) is 11.4 Å². The minimum atomic E-state index is -4.24. The Morgan fingerprint density at radius 1 is 1.55 bits per heavy atom. The van der Waals surface area contributed by atoms with Crippen LogP contribution in [-0.2, 0) is 10.0 Å². The Kier molecular flexibility index (Phi) is 4.60. The number of nitrogens with two attached hydrogens (primary N) is 1. The summed E-state index contributed by atoms with van der Waals surface area (Å²) < 4.78 is 23.4. The van der Waals surface area contributed by atoms with E-state index in [4.69, 9.17) is 10.4 Å². The predicted octanol–water partition coefficient (Wildman–Crippen LogP) is 0.252. The van der Waals surface area contributed by atoms with Crippen LogP contribution in [0.1, 0.15) is 6.42 Å². The Morgan fingerprint density at radius 2 is 2.27 bits per heavy atom. The normalized spacial score (nSPS) is 18.8. The van der Waals surface area contributed by atoms with E-state index < -0.39 is 25.5 Å². The SMILES string of the molecule is N#CCN1CC[C@@H](Nc2cccc([N+](=O)[O-])c2S(N)(=O)=O)C1. The van der Waals surface area contributed by atoms with E-state index in [1.807, 2.05) is 11.0 Å². The lowest BCUT2D eigenvalue weighted by Crippen LogP contribution is -2.27. The van der Waals surface area contributed by atoms with Gasteiger partial charge in [-0.1, -0.05) is 6.07 Å². The highest BCUT2D eigenvalue weighted by atomic mass is 32.2. The van der Waals surface area contributed by atoms with Gasteiger partial charge in [-0.2, -0.15) is 5.26 Å². The van der Waals surface area contributed by atoms with Gasteiger partial charge in [-0.15, -0.1) is 0 Å². The lowest BCUT2D eigenvalue weighted by molar-refractivity contribution is -0.387. The lowest BCUT2D eigenvalue weighted by Gasteiger charge is -2.17. The Bertz CT molecular complexity index is 728. The lowest BCUT2D eigenvalue weighted by atomic mass is 10.2. The summed E-state index contributed by atoms with van der Waals surface area (Å²) in [6, 6.07) is 5.89. The van der Waals surface area contributed by atoms with E-state index in [0.717, 1.165) is 6.07 Å². The molecule has 1 heterocycles. The summed E-state index contributed by atoms with van der Waals surface area (Å²) >= 11 is 0. The maximum Gasteiger partial charge on any atom is 0.291 e. The molecule has 0 aliphatic carbocycles. The number of nitriles is 1. The zero-order chi connectivity index (χ0) is 16.3. The molecule has 1 aliphatic rings. The predicted molar refractivity (Wildman–Crippen MR) is 78.6 cm³/mol. The van der Waals surface area contributed by atoms with Crippen LogP contribution < -0.4 is 10.5 Å². The number of nitro groups is 1. The van der Waals surface area contributed by atoms with Gasteiger partial charge in [0.25, 0.3) is 5.69 Å². The van der Waals surface area contributed by atoms with Gasteiger partial charge in [-0.05, 0) is 12.5 Å². The third-order valence-corrected chi connectivity index (χ3v) is 4.40. The first kappa shape index (κ1) is 16.2. The van der Waals surface area contributed by atoms with Gasteiger partial charge in [0.15, 0.2) is 4.90 Å². The van der Waals surface area contributed by atoms with E-state index in [-0.39, 0.29) is 18.3 Å². The van der Waals surface area contributed by atoms with Gasteiger partial charge >= 0.3 is 0 Å². The van der Waals surface area contributed by atoms with Crippen molar-refractivity contribution in [2.45, 2.75) is 17.4 Å². The molecular formula is C12H15N5O4S. The van der Waals surface area contributed by atoms with Crippen molar-refractivity contribution in [3.8, 4) is 6.07 Å². The van der Waals surface area contributed by atoms with Gasteiger partial charge in [0.1, 0.15) is 0 Å². The average Bonchev–Trinajstić information content (AvgIpc) is 2.85. The summed E-state index contributed by atoms with van der Waals surface area (Å²) in [6.45, 7) is 1.54. The molecule has 0 saturated carbocycles. The van der Waals surface area contributed by atoms with E-state index in [0.29, 0.717) is 19.5 Å². The summed E-state index contributed by atoms with van der Waals surface area (Å²) in [6.07, 6.45) is 0.703. The number of nitrogens with zero attached hydrogens (tertiary/aromatic N) is 3. The highest BCUT2D eigenvalue weighted by Crippen LogP contribution is 2.31. The number of likely N-dealkylation sites (tertiary alicyclic amines) is 1. The van der Waals surface area contributed by atoms with E-state index >= 15 is 0 Å². The summed E-state index contributed by atoms with van der Waals surface area (Å²) in [4.78, 5) is 11.6. The molecule has 0 unspecified atom stereocenters. The second kappa shape index (κ2) is 6.27. The first-order valence-corrected chi connectivity index (χ1v) is 8.03. The molecule has 0 spiro atoms. The molecule has 1 fully saturated rings. The van der Waals surface area contributed by atoms with E-state index in [9.17, 15) is 18.5 Å². The van der Waals surface area contributed by atoms with Crippen LogP contribution >= 0.6 is 0 Å². The van der Waals surface area contributed by atoms with Gasteiger partial charge in [-0.3, -0.25) is 15.0 Å². The molecule has 10 heteroatoms. The summed E-state index contributed by atoms with van der Waals surface area (Å²) in [5.74, 6) is 0.